The lowest BCUT2D eigenvalue weighted by Crippen LogP contribution is -2.35. The number of hydrogen-bond donors (Lipinski definition) is 1. The van der Waals surface area contributed by atoms with Gasteiger partial charge in [-0.3, -0.25) is 0 Å². The van der Waals surface area contributed by atoms with Crippen LogP contribution in [0.25, 0.3) is 0 Å². The van der Waals surface area contributed by atoms with Crippen LogP contribution in [0.2, 0.25) is 0 Å². The Bertz CT molecular complexity index is 246. The van der Waals surface area contributed by atoms with Crippen LogP contribution in [-0.2, 0) is 6.42 Å². The Morgan fingerprint density at radius 1 is 1.43 bits per heavy atom. The number of thiophene rings is 1. The topological polar surface area (TPSA) is 12.0 Å². The minimum atomic E-state index is 0.378. The third-order valence-electron chi connectivity index (χ3n) is 2.10. The molecule has 80 valence electrons. The van der Waals surface area contributed by atoms with Crippen molar-refractivity contribution in [2.45, 2.75) is 40.2 Å². The summed E-state index contributed by atoms with van der Waals surface area (Å²) in [6.45, 7) is 10.1. The summed E-state index contributed by atoms with van der Waals surface area (Å²) in [6, 6.07) is 2.78. The van der Waals surface area contributed by atoms with E-state index in [9.17, 15) is 0 Å². The predicted octanol–water partition coefficient (Wildman–Crippen LogP) is 3.31. The van der Waals surface area contributed by atoms with E-state index in [1.807, 2.05) is 0 Å². The third kappa shape index (κ3) is 4.77. The molecule has 1 nitrogen and oxygen atoms in total. The van der Waals surface area contributed by atoms with Gasteiger partial charge in [0.15, 0.2) is 0 Å². The third-order valence-corrected chi connectivity index (χ3v) is 2.83. The maximum absolute atomic E-state index is 3.57. The molecule has 0 aromatic carbocycles. The molecular weight excluding hydrogens is 190 g/mol. The molecule has 0 aliphatic carbocycles. The highest BCUT2D eigenvalue weighted by molar-refractivity contribution is 7.07. The fourth-order valence-corrected chi connectivity index (χ4v) is 2.00. The van der Waals surface area contributed by atoms with Gasteiger partial charge in [-0.2, -0.15) is 11.3 Å². The molecule has 0 saturated carbocycles. The molecule has 0 fully saturated rings. The van der Waals surface area contributed by atoms with Crippen LogP contribution in [0.4, 0.5) is 0 Å². The molecule has 0 aliphatic heterocycles. The van der Waals surface area contributed by atoms with Crippen molar-refractivity contribution in [2.24, 2.45) is 5.41 Å². The first-order chi connectivity index (χ1) is 6.47. The quantitative estimate of drug-likeness (QED) is 0.805. The van der Waals surface area contributed by atoms with E-state index in [2.05, 4.69) is 49.8 Å². The van der Waals surface area contributed by atoms with Gasteiger partial charge in [0, 0.05) is 12.6 Å². The molecule has 1 N–H and O–H groups in total. The molecule has 1 atom stereocenters. The molecular formula is C12H21NS. The van der Waals surface area contributed by atoms with Crippen LogP contribution >= 0.6 is 11.3 Å². The molecule has 1 rings (SSSR count). The Morgan fingerprint density at radius 3 is 2.64 bits per heavy atom. The summed E-state index contributed by atoms with van der Waals surface area (Å²) in [4.78, 5) is 0. The Labute approximate surface area is 91.5 Å². The first kappa shape index (κ1) is 11.7. The molecule has 1 aromatic heterocycles. The van der Waals surface area contributed by atoms with E-state index in [1.165, 1.54) is 5.56 Å². The zero-order valence-corrected chi connectivity index (χ0v) is 10.4. The van der Waals surface area contributed by atoms with Gasteiger partial charge in [-0.25, -0.2) is 0 Å². The second-order valence-electron chi connectivity index (χ2n) is 5.18. The molecule has 0 spiro atoms. The largest absolute Gasteiger partial charge is 0.313 e. The van der Waals surface area contributed by atoms with E-state index in [-0.39, 0.29) is 0 Å². The van der Waals surface area contributed by atoms with Gasteiger partial charge in [0.25, 0.3) is 0 Å². The fraction of sp³-hybridized carbons (Fsp3) is 0.667. The lowest BCUT2D eigenvalue weighted by Gasteiger charge is -2.22. The maximum atomic E-state index is 3.57. The molecule has 0 bridgehead atoms. The van der Waals surface area contributed by atoms with E-state index in [0.717, 1.165) is 13.0 Å². The van der Waals surface area contributed by atoms with Crippen LogP contribution in [0.5, 0.6) is 0 Å². The van der Waals surface area contributed by atoms with Crippen molar-refractivity contribution in [3.05, 3.63) is 22.4 Å². The first-order valence-electron chi connectivity index (χ1n) is 5.22. The lowest BCUT2D eigenvalue weighted by atomic mass is 9.96. The van der Waals surface area contributed by atoms with Crippen molar-refractivity contribution >= 4 is 11.3 Å². The van der Waals surface area contributed by atoms with Crippen molar-refractivity contribution in [1.82, 2.24) is 5.32 Å². The highest BCUT2D eigenvalue weighted by Gasteiger charge is 2.11. The summed E-state index contributed by atoms with van der Waals surface area (Å²) >= 11 is 1.78. The summed E-state index contributed by atoms with van der Waals surface area (Å²) in [6.07, 6.45) is 1.14. The van der Waals surface area contributed by atoms with E-state index in [4.69, 9.17) is 0 Å². The summed E-state index contributed by atoms with van der Waals surface area (Å²) in [5.74, 6) is 0. The van der Waals surface area contributed by atoms with Crippen LogP contribution in [-0.4, -0.2) is 12.6 Å². The SMILES string of the molecule is CC(Cc1ccsc1)NCC(C)(C)C. The van der Waals surface area contributed by atoms with Crippen LogP contribution in [0, 0.1) is 5.41 Å². The monoisotopic (exact) mass is 211 g/mol. The molecule has 2 heteroatoms. The average molecular weight is 211 g/mol. The molecule has 1 unspecified atom stereocenters. The zero-order chi connectivity index (χ0) is 10.6. The molecule has 1 aromatic rings. The van der Waals surface area contributed by atoms with Gasteiger partial charge in [0.1, 0.15) is 0 Å². The zero-order valence-electron chi connectivity index (χ0n) is 9.63. The van der Waals surface area contributed by atoms with E-state index >= 15 is 0 Å². The number of hydrogen-bond acceptors (Lipinski definition) is 2. The van der Waals surface area contributed by atoms with E-state index in [0.29, 0.717) is 11.5 Å². The Hall–Kier alpha value is -0.340. The smallest absolute Gasteiger partial charge is 0.00796 e. The standard InChI is InChI=1S/C12H21NS/c1-10(13-9-12(2,3)4)7-11-5-6-14-8-11/h5-6,8,10,13H,7,9H2,1-4H3. The second kappa shape index (κ2) is 4.94. The molecule has 14 heavy (non-hydrogen) atoms. The summed E-state index contributed by atoms with van der Waals surface area (Å²) in [5.41, 5.74) is 1.83. The summed E-state index contributed by atoms with van der Waals surface area (Å²) in [5, 5.41) is 7.94. The average Bonchev–Trinajstić information content (AvgIpc) is 2.52. The Balaban J connectivity index is 2.26. The first-order valence-corrected chi connectivity index (χ1v) is 6.16. The summed E-state index contributed by atoms with van der Waals surface area (Å²) in [7, 11) is 0. The van der Waals surface area contributed by atoms with Gasteiger partial charge in [-0.15, -0.1) is 0 Å². The lowest BCUT2D eigenvalue weighted by molar-refractivity contribution is 0.356. The van der Waals surface area contributed by atoms with E-state index in [1.54, 1.807) is 11.3 Å². The minimum absolute atomic E-state index is 0.378. The van der Waals surface area contributed by atoms with Gasteiger partial charge in [0.05, 0.1) is 0 Å². The predicted molar refractivity (Wildman–Crippen MR) is 64.9 cm³/mol. The second-order valence-corrected chi connectivity index (χ2v) is 5.96. The Morgan fingerprint density at radius 2 is 2.14 bits per heavy atom. The maximum Gasteiger partial charge on any atom is 0.00796 e. The summed E-state index contributed by atoms with van der Waals surface area (Å²) < 4.78 is 0. The highest BCUT2D eigenvalue weighted by Crippen LogP contribution is 2.12. The van der Waals surface area contributed by atoms with Crippen LogP contribution in [0.3, 0.4) is 0 Å². The van der Waals surface area contributed by atoms with Crippen molar-refractivity contribution in [1.29, 1.82) is 0 Å². The molecule has 0 saturated heterocycles. The van der Waals surface area contributed by atoms with Crippen LogP contribution in [0.1, 0.15) is 33.3 Å². The molecule has 0 amide bonds. The van der Waals surface area contributed by atoms with Gasteiger partial charge in [0.2, 0.25) is 0 Å². The van der Waals surface area contributed by atoms with Crippen LogP contribution < -0.4 is 5.32 Å². The van der Waals surface area contributed by atoms with Crippen molar-refractivity contribution < 1.29 is 0 Å². The normalized spacial score (nSPS) is 14.3. The molecule has 0 aliphatic rings. The number of nitrogens with one attached hydrogen (secondary N) is 1. The van der Waals surface area contributed by atoms with Gasteiger partial charge in [-0.05, 0) is 41.1 Å². The van der Waals surface area contributed by atoms with Crippen molar-refractivity contribution in [3.8, 4) is 0 Å². The van der Waals surface area contributed by atoms with Crippen LogP contribution in [0.15, 0.2) is 16.8 Å². The Kier molecular flexibility index (Phi) is 4.14. The van der Waals surface area contributed by atoms with Crippen molar-refractivity contribution in [2.75, 3.05) is 6.54 Å². The van der Waals surface area contributed by atoms with Gasteiger partial charge in [-0.1, -0.05) is 20.8 Å². The van der Waals surface area contributed by atoms with Crippen molar-refractivity contribution in [3.63, 3.8) is 0 Å². The highest BCUT2D eigenvalue weighted by atomic mass is 32.1. The van der Waals surface area contributed by atoms with E-state index < -0.39 is 0 Å². The molecule has 1 heterocycles. The minimum Gasteiger partial charge on any atom is -0.313 e. The van der Waals surface area contributed by atoms with Gasteiger partial charge >= 0.3 is 0 Å². The van der Waals surface area contributed by atoms with Gasteiger partial charge < -0.3 is 5.32 Å². The fourth-order valence-electron chi connectivity index (χ4n) is 1.31. The number of rotatable bonds is 4. The molecule has 0 radical (unpaired) electrons.